The van der Waals surface area contributed by atoms with Crippen molar-refractivity contribution in [2.45, 2.75) is 79.3 Å². The number of rotatable bonds is 4. The molecule has 0 aromatic heterocycles. The van der Waals surface area contributed by atoms with E-state index in [2.05, 4.69) is 9.68 Å². The standard InChI is InChI=1S/C31H33F8N3O6S2/c1-27(2,3)48-26(44)41-49(45)14-10-18(11-15-49)25(43)42-13-12-28(50(46,47)21-7-5-20(32)6-8-21)22-9-4-19(16-23(22)40-17-24(28)42)29(33,30(34,35)36)31(37,38)39/h4-9,16,18,24,40H,10-15,17H2,1-3H3. The van der Waals surface area contributed by atoms with E-state index in [0.29, 0.717) is 6.07 Å². The minimum Gasteiger partial charge on any atom is -0.442 e. The summed E-state index contributed by atoms with van der Waals surface area (Å²) in [5.41, 5.74) is -9.32. The van der Waals surface area contributed by atoms with E-state index in [-0.39, 0.29) is 55.0 Å². The van der Waals surface area contributed by atoms with Crippen LogP contribution in [0.25, 0.3) is 0 Å². The highest BCUT2D eigenvalue weighted by molar-refractivity contribution is 7.94. The molecule has 3 aliphatic rings. The lowest BCUT2D eigenvalue weighted by Crippen LogP contribution is -2.56. The molecule has 2 saturated heterocycles. The zero-order valence-electron chi connectivity index (χ0n) is 26.8. The van der Waals surface area contributed by atoms with Gasteiger partial charge in [-0.2, -0.15) is 26.3 Å². The first-order chi connectivity index (χ1) is 22.9. The summed E-state index contributed by atoms with van der Waals surface area (Å²) in [4.78, 5) is 27.0. The largest absolute Gasteiger partial charge is 0.442 e. The monoisotopic (exact) mass is 759 g/mol. The number of carbonyl (C=O) groups excluding carboxylic acids is 2. The van der Waals surface area contributed by atoms with Crippen LogP contribution < -0.4 is 5.32 Å². The molecule has 2 aromatic carbocycles. The Hall–Kier alpha value is -3.48. The molecule has 2 amide bonds. The van der Waals surface area contributed by atoms with Gasteiger partial charge in [0.1, 0.15) is 16.2 Å². The first-order valence-electron chi connectivity index (χ1n) is 15.3. The molecule has 1 N–H and O–H groups in total. The van der Waals surface area contributed by atoms with Gasteiger partial charge in [0.05, 0.1) is 20.7 Å². The first-order valence-corrected chi connectivity index (χ1v) is 18.7. The number of nitrogens with zero attached hydrogens (tertiary/aromatic N) is 2. The van der Waals surface area contributed by atoms with Gasteiger partial charge in [-0.15, -0.1) is 4.36 Å². The van der Waals surface area contributed by atoms with Crippen molar-refractivity contribution in [3.8, 4) is 0 Å². The normalized spacial score (nSPS) is 26.0. The Kier molecular flexibility index (Phi) is 9.32. The van der Waals surface area contributed by atoms with E-state index in [0.717, 1.165) is 24.3 Å². The second-order valence-corrected chi connectivity index (χ2v) is 18.2. The van der Waals surface area contributed by atoms with Gasteiger partial charge < -0.3 is 15.0 Å². The number of alkyl halides is 7. The molecule has 19 heteroatoms. The molecular formula is C31H33F8N3O6S2. The highest BCUT2D eigenvalue weighted by Gasteiger charge is 2.74. The van der Waals surface area contributed by atoms with E-state index >= 15 is 4.39 Å². The summed E-state index contributed by atoms with van der Waals surface area (Å²) in [6.07, 6.45) is -14.2. The van der Waals surface area contributed by atoms with Crippen LogP contribution in [0.2, 0.25) is 0 Å². The number of likely N-dealkylation sites (tertiary alicyclic amines) is 1. The van der Waals surface area contributed by atoms with Gasteiger partial charge in [-0.25, -0.2) is 26.2 Å². The van der Waals surface area contributed by atoms with Gasteiger partial charge in [-0.05, 0) is 75.9 Å². The Morgan fingerprint density at radius 1 is 0.960 bits per heavy atom. The smallest absolute Gasteiger partial charge is 0.442 e. The zero-order chi connectivity index (χ0) is 37.3. The summed E-state index contributed by atoms with van der Waals surface area (Å²) in [6.45, 7) is 4.11. The lowest BCUT2D eigenvalue weighted by atomic mass is 9.83. The Bertz CT molecular complexity index is 1890. The quantitative estimate of drug-likeness (QED) is 0.275. The molecule has 2 atom stereocenters. The number of hydrogen-bond acceptors (Lipinski definition) is 7. The maximum absolute atomic E-state index is 15.0. The fraction of sp³-hybridized carbons (Fsp3) is 0.548. The molecule has 2 aromatic rings. The molecule has 3 aliphatic heterocycles. The molecule has 0 saturated carbocycles. The van der Waals surface area contributed by atoms with Gasteiger partial charge in [0.25, 0.3) is 0 Å². The van der Waals surface area contributed by atoms with E-state index in [1.54, 1.807) is 20.8 Å². The van der Waals surface area contributed by atoms with Crippen molar-refractivity contribution in [1.29, 1.82) is 0 Å². The first kappa shape index (κ1) is 37.8. The maximum atomic E-state index is 15.0. The minimum absolute atomic E-state index is 0.00569. The SMILES string of the molecule is CC(C)(C)OC(=O)N=S1(=O)CCC(C(=O)N2CCC3(S(=O)(=O)c4ccc(F)cc4)c4ccc(C(F)(C(F)(F)F)C(F)(F)F)cc4NCC23)CC1. The van der Waals surface area contributed by atoms with Crippen molar-refractivity contribution in [1.82, 2.24) is 4.90 Å². The predicted molar refractivity (Wildman–Crippen MR) is 164 cm³/mol. The van der Waals surface area contributed by atoms with Gasteiger partial charge >= 0.3 is 24.1 Å². The molecule has 50 heavy (non-hydrogen) atoms. The van der Waals surface area contributed by atoms with Crippen molar-refractivity contribution >= 4 is 37.3 Å². The summed E-state index contributed by atoms with van der Waals surface area (Å²) in [6, 6.07) is 3.50. The van der Waals surface area contributed by atoms with Crippen LogP contribution in [0.1, 0.15) is 51.2 Å². The number of sulfone groups is 1. The van der Waals surface area contributed by atoms with Gasteiger partial charge in [0.15, 0.2) is 9.84 Å². The number of carbonyl (C=O) groups is 2. The van der Waals surface area contributed by atoms with Crippen LogP contribution in [0.4, 0.5) is 45.6 Å². The molecule has 0 bridgehead atoms. The van der Waals surface area contributed by atoms with E-state index < -0.39 is 100 Å². The molecule has 0 aliphatic carbocycles. The zero-order valence-corrected chi connectivity index (χ0v) is 28.5. The number of fused-ring (bicyclic) bond motifs is 3. The molecule has 0 spiro atoms. The van der Waals surface area contributed by atoms with Crippen molar-refractivity contribution in [3.05, 3.63) is 59.4 Å². The summed E-state index contributed by atoms with van der Waals surface area (Å²) < 4.78 is 159. The second-order valence-electron chi connectivity index (χ2n) is 13.5. The number of benzene rings is 2. The number of ether oxygens (including phenoxy) is 1. The van der Waals surface area contributed by atoms with Crippen LogP contribution in [-0.4, -0.2) is 78.1 Å². The number of amides is 2. The Labute approximate surface area is 282 Å². The Balaban J connectivity index is 1.54. The molecule has 3 heterocycles. The fourth-order valence-electron chi connectivity index (χ4n) is 6.85. The molecular weight excluding hydrogens is 726 g/mol. The van der Waals surface area contributed by atoms with Crippen molar-refractivity contribution in [2.24, 2.45) is 10.3 Å². The average Bonchev–Trinajstić information content (AvgIpc) is 3.40. The predicted octanol–water partition coefficient (Wildman–Crippen LogP) is 6.62. The van der Waals surface area contributed by atoms with E-state index in [1.165, 1.54) is 4.90 Å². The third-order valence-electron chi connectivity index (χ3n) is 9.22. The Morgan fingerprint density at radius 3 is 2.08 bits per heavy atom. The van der Waals surface area contributed by atoms with E-state index in [4.69, 9.17) is 4.74 Å². The van der Waals surface area contributed by atoms with Gasteiger partial charge in [0.2, 0.25) is 5.91 Å². The van der Waals surface area contributed by atoms with Gasteiger partial charge in [0, 0.05) is 41.8 Å². The lowest BCUT2D eigenvalue weighted by molar-refractivity contribution is -0.348. The van der Waals surface area contributed by atoms with Crippen LogP contribution in [0.15, 0.2) is 51.7 Å². The van der Waals surface area contributed by atoms with E-state index in [1.807, 2.05) is 0 Å². The lowest BCUT2D eigenvalue weighted by Gasteiger charge is -2.44. The summed E-state index contributed by atoms with van der Waals surface area (Å²) in [7, 11) is -7.77. The molecule has 276 valence electrons. The summed E-state index contributed by atoms with van der Waals surface area (Å²) in [5.74, 6) is -2.43. The fourth-order valence-corrected chi connectivity index (χ4v) is 11.2. The van der Waals surface area contributed by atoms with Crippen LogP contribution in [0, 0.1) is 11.7 Å². The number of nitrogens with one attached hydrogen (secondary N) is 1. The van der Waals surface area contributed by atoms with Gasteiger partial charge in [-0.1, -0.05) is 12.1 Å². The minimum atomic E-state index is -6.42. The van der Waals surface area contributed by atoms with Crippen LogP contribution in [-0.2, 0) is 39.5 Å². The van der Waals surface area contributed by atoms with Crippen molar-refractivity contribution in [3.63, 3.8) is 0 Å². The van der Waals surface area contributed by atoms with Crippen LogP contribution in [0.5, 0.6) is 0 Å². The third kappa shape index (κ3) is 6.32. The van der Waals surface area contributed by atoms with Crippen LogP contribution in [0.3, 0.4) is 0 Å². The third-order valence-corrected chi connectivity index (χ3v) is 14.0. The Morgan fingerprint density at radius 2 is 1.54 bits per heavy atom. The molecule has 2 fully saturated rings. The highest BCUT2D eigenvalue weighted by atomic mass is 32.2. The van der Waals surface area contributed by atoms with E-state index in [9.17, 15) is 52.9 Å². The average molecular weight is 760 g/mol. The molecule has 2 unspecified atom stereocenters. The molecule has 5 rings (SSSR count). The highest BCUT2D eigenvalue weighted by Crippen LogP contribution is 2.57. The maximum Gasteiger partial charge on any atom is 0.442 e. The number of hydrogen-bond donors (Lipinski definition) is 1. The number of halogens is 8. The van der Waals surface area contributed by atoms with Crippen molar-refractivity contribution in [2.75, 3.05) is 29.9 Å². The second kappa shape index (κ2) is 12.3. The topological polar surface area (TPSA) is 122 Å². The molecule has 0 radical (unpaired) electrons. The van der Waals surface area contributed by atoms with Crippen molar-refractivity contribution < 1.29 is 62.1 Å². The van der Waals surface area contributed by atoms with Crippen LogP contribution >= 0.6 is 0 Å². The summed E-state index contributed by atoms with van der Waals surface area (Å²) in [5, 5.41) is 2.62. The summed E-state index contributed by atoms with van der Waals surface area (Å²) >= 11 is 0. The van der Waals surface area contributed by atoms with Gasteiger partial charge in [-0.3, -0.25) is 4.79 Å². The molecule has 9 nitrogen and oxygen atoms in total. The number of anilines is 1.